The minimum atomic E-state index is 0.154. The highest BCUT2D eigenvalue weighted by molar-refractivity contribution is 5.95. The van der Waals surface area contributed by atoms with E-state index in [0.717, 1.165) is 55.8 Å². The molecule has 0 saturated carbocycles. The maximum Gasteiger partial charge on any atom is 0.324 e. The van der Waals surface area contributed by atoms with Gasteiger partial charge in [0, 0.05) is 25.3 Å². The molecule has 0 aliphatic carbocycles. The number of rotatable bonds is 0. The lowest BCUT2D eigenvalue weighted by atomic mass is 10.1. The summed E-state index contributed by atoms with van der Waals surface area (Å²) in [6.45, 7) is 4.59. The summed E-state index contributed by atoms with van der Waals surface area (Å²) in [7, 11) is 0. The quantitative estimate of drug-likeness (QED) is 0.728. The average molecular weight is 259 g/mol. The number of likely N-dealkylation sites (tertiary alicyclic amines) is 1. The number of nitrogens with two attached hydrogens (primary N) is 1. The van der Waals surface area contributed by atoms with Gasteiger partial charge in [-0.2, -0.15) is 0 Å². The minimum absolute atomic E-state index is 0.154. The number of fused-ring (bicyclic) bond motifs is 1. The Morgan fingerprint density at radius 1 is 1.16 bits per heavy atom. The van der Waals surface area contributed by atoms with Crippen molar-refractivity contribution < 1.29 is 4.79 Å². The Bertz CT molecular complexity index is 506. The van der Waals surface area contributed by atoms with Crippen LogP contribution in [-0.4, -0.2) is 30.6 Å². The molecule has 0 bridgehead atoms. The number of hydrogen-bond acceptors (Lipinski definition) is 2. The van der Waals surface area contributed by atoms with Crippen LogP contribution in [0.15, 0.2) is 12.1 Å². The number of piperidine rings is 1. The molecule has 3 rings (SSSR count). The van der Waals surface area contributed by atoms with Gasteiger partial charge in [-0.3, -0.25) is 4.90 Å². The molecule has 1 fully saturated rings. The van der Waals surface area contributed by atoms with Gasteiger partial charge >= 0.3 is 6.03 Å². The van der Waals surface area contributed by atoms with E-state index in [1.165, 1.54) is 12.0 Å². The fraction of sp³-hybridized carbons (Fsp3) is 0.533. The molecule has 2 N–H and O–H groups in total. The summed E-state index contributed by atoms with van der Waals surface area (Å²) < 4.78 is 0. The third kappa shape index (κ3) is 2.15. The van der Waals surface area contributed by atoms with E-state index in [9.17, 15) is 4.79 Å². The number of aryl methyl sites for hydroxylation is 1. The van der Waals surface area contributed by atoms with Gasteiger partial charge in [0.05, 0.1) is 5.69 Å². The second-order valence-electron chi connectivity index (χ2n) is 5.57. The van der Waals surface area contributed by atoms with E-state index in [2.05, 4.69) is 6.07 Å². The highest BCUT2D eigenvalue weighted by atomic mass is 16.2. The molecule has 19 heavy (non-hydrogen) atoms. The predicted molar refractivity (Wildman–Crippen MR) is 77.5 cm³/mol. The van der Waals surface area contributed by atoms with E-state index in [-0.39, 0.29) is 6.03 Å². The lowest BCUT2D eigenvalue weighted by molar-refractivity contribution is 0.193. The van der Waals surface area contributed by atoms with Gasteiger partial charge in [-0.15, -0.1) is 0 Å². The van der Waals surface area contributed by atoms with Gasteiger partial charge in [-0.1, -0.05) is 6.07 Å². The Labute approximate surface area is 114 Å². The monoisotopic (exact) mass is 259 g/mol. The Morgan fingerprint density at radius 3 is 2.63 bits per heavy atom. The first kappa shape index (κ1) is 12.3. The third-order valence-corrected chi connectivity index (χ3v) is 4.22. The molecule has 2 aliphatic rings. The highest BCUT2D eigenvalue weighted by Gasteiger charge is 2.29. The molecule has 4 nitrogen and oxygen atoms in total. The van der Waals surface area contributed by atoms with E-state index in [0.29, 0.717) is 0 Å². The summed E-state index contributed by atoms with van der Waals surface area (Å²) >= 11 is 0. The van der Waals surface area contributed by atoms with Crippen molar-refractivity contribution in [3.8, 4) is 0 Å². The maximum atomic E-state index is 12.6. The van der Waals surface area contributed by atoms with Crippen molar-refractivity contribution >= 4 is 17.4 Å². The molecular formula is C15H21N3O. The molecule has 0 unspecified atom stereocenters. The molecule has 1 aromatic rings. The van der Waals surface area contributed by atoms with E-state index in [1.807, 2.05) is 22.8 Å². The van der Waals surface area contributed by atoms with E-state index < -0.39 is 0 Å². The van der Waals surface area contributed by atoms with Gasteiger partial charge in [-0.05, 0) is 49.8 Å². The topological polar surface area (TPSA) is 49.6 Å². The number of benzene rings is 1. The summed E-state index contributed by atoms with van der Waals surface area (Å²) in [5.41, 5.74) is 10.1. The van der Waals surface area contributed by atoms with Crippen molar-refractivity contribution in [3.63, 3.8) is 0 Å². The molecule has 2 heterocycles. The largest absolute Gasteiger partial charge is 0.398 e. The van der Waals surface area contributed by atoms with Crippen LogP contribution < -0.4 is 10.6 Å². The smallest absolute Gasteiger partial charge is 0.324 e. The molecule has 102 valence electrons. The Balaban J connectivity index is 1.85. The van der Waals surface area contributed by atoms with Gasteiger partial charge in [0.15, 0.2) is 0 Å². The summed E-state index contributed by atoms with van der Waals surface area (Å²) in [5.74, 6) is 0. The number of nitrogens with zero attached hydrogens (tertiary/aromatic N) is 2. The van der Waals surface area contributed by atoms with Crippen LogP contribution in [0, 0.1) is 6.92 Å². The van der Waals surface area contributed by atoms with Crippen LogP contribution in [0.3, 0.4) is 0 Å². The molecule has 2 aliphatic heterocycles. The number of carbonyl (C=O) groups excluding carboxylic acids is 1. The first-order valence-corrected chi connectivity index (χ1v) is 7.12. The second-order valence-corrected chi connectivity index (χ2v) is 5.57. The third-order valence-electron chi connectivity index (χ3n) is 4.22. The molecule has 0 atom stereocenters. The molecule has 0 radical (unpaired) electrons. The van der Waals surface area contributed by atoms with Crippen molar-refractivity contribution in [2.24, 2.45) is 0 Å². The molecule has 1 aromatic carbocycles. The standard InChI is InChI=1S/C15H21N3O/c1-11-9-12-5-8-18(14(12)10-13(11)16)15(19)17-6-3-2-4-7-17/h9-10H,2-8,16H2,1H3. The van der Waals surface area contributed by atoms with Crippen LogP contribution >= 0.6 is 0 Å². The van der Waals surface area contributed by atoms with Crippen LogP contribution in [0.5, 0.6) is 0 Å². The van der Waals surface area contributed by atoms with Crippen LogP contribution in [0.1, 0.15) is 30.4 Å². The average Bonchev–Trinajstić information content (AvgIpc) is 2.82. The van der Waals surface area contributed by atoms with E-state index in [1.54, 1.807) is 0 Å². The molecule has 4 heteroatoms. The Kier molecular flexibility index (Phi) is 3.09. The normalized spacial score (nSPS) is 18.6. The fourth-order valence-corrected chi connectivity index (χ4v) is 3.03. The first-order chi connectivity index (χ1) is 9.16. The van der Waals surface area contributed by atoms with Crippen molar-refractivity contribution in [3.05, 3.63) is 23.3 Å². The lowest BCUT2D eigenvalue weighted by Crippen LogP contribution is -2.44. The first-order valence-electron chi connectivity index (χ1n) is 7.12. The van der Waals surface area contributed by atoms with Crippen molar-refractivity contribution in [2.75, 3.05) is 30.3 Å². The highest BCUT2D eigenvalue weighted by Crippen LogP contribution is 2.33. The molecule has 0 spiro atoms. The van der Waals surface area contributed by atoms with Crippen LogP contribution in [0.2, 0.25) is 0 Å². The number of hydrogen-bond donors (Lipinski definition) is 1. The Hall–Kier alpha value is -1.71. The van der Waals surface area contributed by atoms with E-state index in [4.69, 9.17) is 5.73 Å². The predicted octanol–water partition coefficient (Wildman–Crippen LogP) is 2.55. The van der Waals surface area contributed by atoms with Gasteiger partial charge in [0.25, 0.3) is 0 Å². The zero-order valence-electron chi connectivity index (χ0n) is 11.5. The second kappa shape index (κ2) is 4.76. The SMILES string of the molecule is Cc1cc2c(cc1N)N(C(=O)N1CCCCC1)CC2. The zero-order valence-corrected chi connectivity index (χ0v) is 11.5. The number of carbonyl (C=O) groups is 1. The molecule has 1 saturated heterocycles. The maximum absolute atomic E-state index is 12.6. The van der Waals surface area contributed by atoms with Gasteiger partial charge in [0.1, 0.15) is 0 Å². The van der Waals surface area contributed by atoms with Gasteiger partial charge < -0.3 is 10.6 Å². The zero-order chi connectivity index (χ0) is 13.4. The van der Waals surface area contributed by atoms with Crippen molar-refractivity contribution in [2.45, 2.75) is 32.6 Å². The summed E-state index contributed by atoms with van der Waals surface area (Å²) in [6.07, 6.45) is 4.44. The summed E-state index contributed by atoms with van der Waals surface area (Å²) in [6, 6.07) is 4.23. The fourth-order valence-electron chi connectivity index (χ4n) is 3.03. The number of nitrogen functional groups attached to an aromatic ring is 1. The van der Waals surface area contributed by atoms with Gasteiger partial charge in [-0.25, -0.2) is 4.79 Å². The van der Waals surface area contributed by atoms with E-state index >= 15 is 0 Å². The van der Waals surface area contributed by atoms with Crippen LogP contribution in [-0.2, 0) is 6.42 Å². The number of amides is 2. The molecule has 2 amide bonds. The van der Waals surface area contributed by atoms with Gasteiger partial charge in [0.2, 0.25) is 0 Å². The van der Waals surface area contributed by atoms with Crippen molar-refractivity contribution in [1.29, 1.82) is 0 Å². The summed E-state index contributed by atoms with van der Waals surface area (Å²) in [5, 5.41) is 0. The van der Waals surface area contributed by atoms with Crippen LogP contribution in [0.25, 0.3) is 0 Å². The number of urea groups is 1. The Morgan fingerprint density at radius 2 is 1.89 bits per heavy atom. The molecular weight excluding hydrogens is 238 g/mol. The lowest BCUT2D eigenvalue weighted by Gasteiger charge is -2.31. The summed E-state index contributed by atoms with van der Waals surface area (Å²) in [4.78, 5) is 16.5. The van der Waals surface area contributed by atoms with Crippen molar-refractivity contribution in [1.82, 2.24) is 4.90 Å². The number of anilines is 2. The minimum Gasteiger partial charge on any atom is -0.398 e. The molecule has 0 aromatic heterocycles. The van der Waals surface area contributed by atoms with Crippen LogP contribution in [0.4, 0.5) is 16.2 Å².